The van der Waals surface area contributed by atoms with Crippen LogP contribution in [0.25, 0.3) is 11.0 Å². The van der Waals surface area contributed by atoms with E-state index in [2.05, 4.69) is 21.2 Å². The van der Waals surface area contributed by atoms with E-state index >= 15 is 0 Å². The van der Waals surface area contributed by atoms with Crippen molar-refractivity contribution in [1.29, 1.82) is 0 Å². The summed E-state index contributed by atoms with van der Waals surface area (Å²) in [6, 6.07) is 11.4. The minimum atomic E-state index is -0.214. The standard InChI is InChI=1S/C16H14BrNO3S/c1-20-12-4-2-3-10-9-13(21-15(10)12)16(19)18-8-7-11-5-6-14(17)22-11/h2-6,9H,7-8H2,1H3,(H,18,19). The molecule has 0 spiro atoms. The number of thiophene rings is 1. The largest absolute Gasteiger partial charge is 0.493 e. The number of rotatable bonds is 5. The quantitative estimate of drug-likeness (QED) is 0.721. The molecule has 1 amide bonds. The van der Waals surface area contributed by atoms with Crippen LogP contribution in [-0.4, -0.2) is 19.6 Å². The fourth-order valence-electron chi connectivity index (χ4n) is 2.18. The predicted octanol–water partition coefficient (Wildman–Crippen LogP) is 4.24. The van der Waals surface area contributed by atoms with Crippen molar-refractivity contribution >= 4 is 44.1 Å². The Balaban J connectivity index is 1.67. The minimum absolute atomic E-state index is 0.214. The highest BCUT2D eigenvalue weighted by atomic mass is 79.9. The van der Waals surface area contributed by atoms with Gasteiger partial charge in [0, 0.05) is 16.8 Å². The molecule has 6 heteroatoms. The smallest absolute Gasteiger partial charge is 0.287 e. The Morgan fingerprint density at radius 2 is 2.23 bits per heavy atom. The summed E-state index contributed by atoms with van der Waals surface area (Å²) in [5, 5.41) is 3.73. The summed E-state index contributed by atoms with van der Waals surface area (Å²) < 4.78 is 11.9. The Bertz CT molecular complexity index is 809. The average Bonchev–Trinajstić information content (AvgIpc) is 3.12. The van der Waals surface area contributed by atoms with E-state index in [9.17, 15) is 4.79 Å². The number of furan rings is 1. The van der Waals surface area contributed by atoms with Gasteiger partial charge in [-0.05, 0) is 46.6 Å². The van der Waals surface area contributed by atoms with Gasteiger partial charge < -0.3 is 14.5 Å². The van der Waals surface area contributed by atoms with Gasteiger partial charge in [-0.15, -0.1) is 11.3 Å². The molecule has 3 aromatic rings. The molecule has 2 heterocycles. The number of hydrogen-bond acceptors (Lipinski definition) is 4. The zero-order valence-corrected chi connectivity index (χ0v) is 14.3. The number of carbonyl (C=O) groups excluding carboxylic acids is 1. The molecule has 0 aliphatic heterocycles. The van der Waals surface area contributed by atoms with Crippen molar-refractivity contribution in [3.63, 3.8) is 0 Å². The van der Waals surface area contributed by atoms with Gasteiger partial charge in [0.05, 0.1) is 10.9 Å². The maximum atomic E-state index is 12.2. The molecule has 4 nitrogen and oxygen atoms in total. The van der Waals surface area contributed by atoms with E-state index in [1.165, 1.54) is 4.88 Å². The van der Waals surface area contributed by atoms with Crippen LogP contribution in [0.3, 0.4) is 0 Å². The summed E-state index contributed by atoms with van der Waals surface area (Å²) >= 11 is 5.10. The van der Waals surface area contributed by atoms with Gasteiger partial charge in [0.2, 0.25) is 0 Å². The first kappa shape index (κ1) is 15.1. The number of hydrogen-bond donors (Lipinski definition) is 1. The van der Waals surface area contributed by atoms with Gasteiger partial charge in [0.25, 0.3) is 5.91 Å². The van der Waals surface area contributed by atoms with Crippen molar-refractivity contribution in [2.24, 2.45) is 0 Å². The lowest BCUT2D eigenvalue weighted by Gasteiger charge is -2.01. The van der Waals surface area contributed by atoms with E-state index in [0.717, 1.165) is 15.6 Å². The molecule has 0 unspecified atom stereocenters. The topological polar surface area (TPSA) is 51.5 Å². The van der Waals surface area contributed by atoms with Crippen molar-refractivity contribution < 1.29 is 13.9 Å². The van der Waals surface area contributed by atoms with Crippen LogP contribution in [0.15, 0.2) is 44.6 Å². The van der Waals surface area contributed by atoms with Crippen molar-refractivity contribution in [3.05, 3.63) is 50.8 Å². The zero-order chi connectivity index (χ0) is 15.5. The molecular weight excluding hydrogens is 366 g/mol. The summed E-state index contributed by atoms with van der Waals surface area (Å²) in [5.41, 5.74) is 0.595. The normalized spacial score (nSPS) is 10.8. The van der Waals surface area contributed by atoms with E-state index in [1.54, 1.807) is 24.5 Å². The molecule has 2 aromatic heterocycles. The second-order valence-corrected chi connectivity index (χ2v) is 7.25. The molecule has 0 saturated heterocycles. The number of fused-ring (bicyclic) bond motifs is 1. The predicted molar refractivity (Wildman–Crippen MR) is 90.8 cm³/mol. The van der Waals surface area contributed by atoms with E-state index in [4.69, 9.17) is 9.15 Å². The minimum Gasteiger partial charge on any atom is -0.493 e. The molecule has 3 rings (SSSR count). The highest BCUT2D eigenvalue weighted by Crippen LogP contribution is 2.28. The van der Waals surface area contributed by atoms with Crippen molar-refractivity contribution in [3.8, 4) is 5.75 Å². The second kappa shape index (κ2) is 6.54. The van der Waals surface area contributed by atoms with Crippen LogP contribution in [0.1, 0.15) is 15.4 Å². The maximum absolute atomic E-state index is 12.2. The van der Waals surface area contributed by atoms with E-state index in [1.807, 2.05) is 30.3 Å². The van der Waals surface area contributed by atoms with Crippen LogP contribution in [0.4, 0.5) is 0 Å². The third-order valence-electron chi connectivity index (χ3n) is 3.24. The number of carbonyl (C=O) groups is 1. The number of benzene rings is 1. The maximum Gasteiger partial charge on any atom is 0.287 e. The Hall–Kier alpha value is -1.79. The van der Waals surface area contributed by atoms with Crippen LogP contribution in [0, 0.1) is 0 Å². The molecule has 0 atom stereocenters. The highest BCUT2D eigenvalue weighted by Gasteiger charge is 2.14. The summed E-state index contributed by atoms with van der Waals surface area (Å²) in [6.45, 7) is 0.569. The zero-order valence-electron chi connectivity index (χ0n) is 11.9. The van der Waals surface area contributed by atoms with Crippen molar-refractivity contribution in [2.75, 3.05) is 13.7 Å². The second-order valence-electron chi connectivity index (χ2n) is 4.70. The van der Waals surface area contributed by atoms with E-state index in [-0.39, 0.29) is 5.91 Å². The first-order chi connectivity index (χ1) is 10.7. The van der Waals surface area contributed by atoms with Gasteiger partial charge in [-0.3, -0.25) is 4.79 Å². The molecule has 114 valence electrons. The molecule has 1 N–H and O–H groups in total. The lowest BCUT2D eigenvalue weighted by atomic mass is 10.2. The number of methoxy groups -OCH3 is 1. The molecule has 1 aromatic carbocycles. The van der Waals surface area contributed by atoms with Crippen LogP contribution < -0.4 is 10.1 Å². The number of amides is 1. The Kier molecular flexibility index (Phi) is 4.49. The number of ether oxygens (including phenoxy) is 1. The first-order valence-corrected chi connectivity index (χ1v) is 8.37. The van der Waals surface area contributed by atoms with Gasteiger partial charge in [0.15, 0.2) is 17.1 Å². The molecule has 0 fully saturated rings. The molecule has 0 radical (unpaired) electrons. The lowest BCUT2D eigenvalue weighted by Crippen LogP contribution is -2.24. The number of halogens is 1. The lowest BCUT2D eigenvalue weighted by molar-refractivity contribution is 0.0928. The fourth-order valence-corrected chi connectivity index (χ4v) is 3.66. The van der Waals surface area contributed by atoms with Gasteiger partial charge >= 0.3 is 0 Å². The molecular formula is C16H14BrNO3S. The SMILES string of the molecule is COc1cccc2cc(C(=O)NCCc3ccc(Br)s3)oc12. The third-order valence-corrected chi connectivity index (χ3v) is 4.92. The third kappa shape index (κ3) is 3.18. The van der Waals surface area contributed by atoms with Gasteiger partial charge in [-0.1, -0.05) is 12.1 Å². The van der Waals surface area contributed by atoms with Crippen LogP contribution in [0.5, 0.6) is 5.75 Å². The highest BCUT2D eigenvalue weighted by molar-refractivity contribution is 9.11. The number of nitrogens with one attached hydrogen (secondary N) is 1. The van der Waals surface area contributed by atoms with Crippen molar-refractivity contribution in [2.45, 2.75) is 6.42 Å². The Labute approximate surface area is 140 Å². The Morgan fingerprint density at radius 3 is 2.95 bits per heavy atom. The van der Waals surface area contributed by atoms with Crippen LogP contribution >= 0.6 is 27.3 Å². The van der Waals surface area contributed by atoms with E-state index in [0.29, 0.717) is 23.6 Å². The van der Waals surface area contributed by atoms with Gasteiger partial charge in [-0.2, -0.15) is 0 Å². The molecule has 0 bridgehead atoms. The molecule has 0 saturated carbocycles. The average molecular weight is 380 g/mol. The van der Waals surface area contributed by atoms with Gasteiger partial charge in [0.1, 0.15) is 0 Å². The fraction of sp³-hybridized carbons (Fsp3) is 0.188. The summed E-state index contributed by atoms with van der Waals surface area (Å²) in [6.07, 6.45) is 0.797. The summed E-state index contributed by atoms with van der Waals surface area (Å²) in [4.78, 5) is 13.4. The first-order valence-electron chi connectivity index (χ1n) is 6.76. The Morgan fingerprint density at radius 1 is 1.36 bits per heavy atom. The molecule has 0 aliphatic carbocycles. The van der Waals surface area contributed by atoms with Crippen LogP contribution in [0.2, 0.25) is 0 Å². The van der Waals surface area contributed by atoms with Crippen molar-refractivity contribution in [1.82, 2.24) is 5.32 Å². The molecule has 22 heavy (non-hydrogen) atoms. The number of para-hydroxylation sites is 1. The summed E-state index contributed by atoms with van der Waals surface area (Å²) in [7, 11) is 1.58. The van der Waals surface area contributed by atoms with Crippen LogP contribution in [-0.2, 0) is 6.42 Å². The van der Waals surface area contributed by atoms with Gasteiger partial charge in [-0.25, -0.2) is 0 Å². The monoisotopic (exact) mass is 379 g/mol. The van der Waals surface area contributed by atoms with E-state index < -0.39 is 0 Å². The summed E-state index contributed by atoms with van der Waals surface area (Å²) in [5.74, 6) is 0.709. The molecule has 0 aliphatic rings.